The van der Waals surface area contributed by atoms with Gasteiger partial charge >= 0.3 is 51.4 Å². The van der Waals surface area contributed by atoms with Gasteiger partial charge in [0.15, 0.2) is 0 Å². The van der Waals surface area contributed by atoms with E-state index in [1.54, 1.807) is 0 Å². The predicted molar refractivity (Wildman–Crippen MR) is 20.3 cm³/mol. The van der Waals surface area contributed by atoms with Gasteiger partial charge in [-0.05, 0) is 0 Å². The molecule has 0 amide bonds. The fourth-order valence-electron chi connectivity index (χ4n) is 0. The minimum absolute atomic E-state index is 0. The van der Waals surface area contributed by atoms with Gasteiger partial charge in [-0.15, -0.1) is 0 Å². The first-order valence-corrected chi connectivity index (χ1v) is 3.14. The number of hydrogen-bond donors (Lipinski definition) is 0. The van der Waals surface area contributed by atoms with E-state index in [9.17, 15) is 4.57 Å². The molecule has 0 spiro atoms. The van der Waals surface area contributed by atoms with Gasteiger partial charge in [-0.3, -0.25) is 0 Å². The van der Waals surface area contributed by atoms with E-state index in [0.717, 1.165) is 0 Å². The summed E-state index contributed by atoms with van der Waals surface area (Å²) in [5.74, 6) is 0. The van der Waals surface area contributed by atoms with Crippen molar-refractivity contribution in [2.45, 2.75) is 0 Å². The van der Waals surface area contributed by atoms with E-state index in [1.807, 2.05) is 0 Å². The number of hydrogen-bond acceptors (Lipinski definition) is 2. The van der Waals surface area contributed by atoms with Crippen LogP contribution in [0.2, 0.25) is 0 Å². The molecule has 24 valence electrons. The summed E-state index contributed by atoms with van der Waals surface area (Å²) in [5.41, 5.74) is 0. The minimum atomic E-state index is -1.54. The van der Waals surface area contributed by atoms with Crippen molar-refractivity contribution >= 4 is 18.4 Å². The first-order chi connectivity index (χ1) is 1.73. The molecule has 4 heteroatoms. The Hall–Kier alpha value is 1.96. The third-order valence-corrected chi connectivity index (χ3v) is 0. The molecule has 0 aromatic rings. The molecule has 1 atom stereocenters. The second-order valence-electron chi connectivity index (χ2n) is 0.333. The van der Waals surface area contributed by atoms with Crippen LogP contribution in [-0.4, -0.2) is 0 Å². The molecular weight excluding hydrogens is 130 g/mol. The van der Waals surface area contributed by atoms with E-state index >= 15 is 0 Å². The van der Waals surface area contributed by atoms with Gasteiger partial charge in [-0.2, -0.15) is 0 Å². The fourth-order valence-corrected chi connectivity index (χ4v) is 0. The Balaban J connectivity index is 0. The maximum atomic E-state index is 9.30. The Labute approximate surface area is 79.4 Å². The average Bonchev–Trinajstić information content (AvgIpc) is 0.811. The zero-order valence-electron chi connectivity index (χ0n) is 2.97. The van der Waals surface area contributed by atoms with Crippen LogP contribution in [0.5, 0.6) is 0 Å². The molecule has 5 heavy (non-hydrogen) atoms. The molecule has 0 saturated carbocycles. The van der Waals surface area contributed by atoms with E-state index < -0.39 is 6.58 Å². The standard InChI is InChI=1S/CH2OPS.K/c1-3(2)4;/h1H2;/q-1;+1. The van der Waals surface area contributed by atoms with Crippen molar-refractivity contribution < 1.29 is 55.9 Å². The van der Waals surface area contributed by atoms with Crippen LogP contribution in [-0.2, 0) is 16.4 Å². The van der Waals surface area contributed by atoms with E-state index in [0.29, 0.717) is 0 Å². The summed E-state index contributed by atoms with van der Waals surface area (Å²) >= 11 is 4.02. The van der Waals surface area contributed by atoms with Gasteiger partial charge in [0.2, 0.25) is 0 Å². The maximum Gasteiger partial charge on any atom is 1.00 e. The predicted octanol–water partition coefficient (Wildman–Crippen LogP) is -1.93. The Kier molecular flexibility index (Phi) is 12.0. The van der Waals surface area contributed by atoms with E-state index in [4.69, 9.17) is 0 Å². The van der Waals surface area contributed by atoms with Crippen LogP contribution in [0.15, 0.2) is 0 Å². The summed E-state index contributed by atoms with van der Waals surface area (Å²) in [6, 6.07) is 0. The smallest absolute Gasteiger partial charge is 0.307 e. The van der Waals surface area contributed by atoms with Crippen LogP contribution < -0.4 is 51.4 Å². The first kappa shape index (κ1) is 10.0. The molecule has 0 aliphatic heterocycles. The zero-order chi connectivity index (χ0) is 3.58. The fraction of sp³-hybridized carbons (Fsp3) is 0. The van der Waals surface area contributed by atoms with Gasteiger partial charge in [-0.1, -0.05) is 11.8 Å². The van der Waals surface area contributed by atoms with Crippen molar-refractivity contribution in [1.82, 2.24) is 0 Å². The molecule has 1 nitrogen and oxygen atoms in total. The monoisotopic (exact) mass is 132 g/mol. The van der Waals surface area contributed by atoms with E-state index in [-0.39, 0.29) is 51.4 Å². The SMILES string of the molecule is [CH2-]P(=O)=S.[K+]. The van der Waals surface area contributed by atoms with Crippen molar-refractivity contribution in [2.75, 3.05) is 0 Å². The minimum Gasteiger partial charge on any atom is -0.307 e. The molecule has 0 aromatic carbocycles. The summed E-state index contributed by atoms with van der Waals surface area (Å²) < 4.78 is 9.30. The Morgan fingerprint density at radius 2 is 1.80 bits per heavy atom. The first-order valence-electron chi connectivity index (χ1n) is 0.681. The van der Waals surface area contributed by atoms with Crippen molar-refractivity contribution in [1.29, 1.82) is 0 Å². The molecule has 0 fully saturated rings. The van der Waals surface area contributed by atoms with Crippen LogP contribution in [0.4, 0.5) is 0 Å². The van der Waals surface area contributed by atoms with Gasteiger partial charge in [0, 0.05) is 6.58 Å². The van der Waals surface area contributed by atoms with E-state index in [2.05, 4.69) is 18.5 Å². The largest absolute Gasteiger partial charge is 1.00 e. The third-order valence-electron chi connectivity index (χ3n) is 0. The van der Waals surface area contributed by atoms with E-state index in [1.165, 1.54) is 0 Å². The molecule has 0 bridgehead atoms. The van der Waals surface area contributed by atoms with Crippen LogP contribution in [0, 0.1) is 6.66 Å². The van der Waals surface area contributed by atoms with Gasteiger partial charge in [-0.25, -0.2) is 6.66 Å². The molecule has 0 aliphatic rings. The van der Waals surface area contributed by atoms with Crippen LogP contribution in [0.3, 0.4) is 0 Å². The van der Waals surface area contributed by atoms with Gasteiger partial charge in [0.1, 0.15) is 0 Å². The molecule has 1 unspecified atom stereocenters. The number of rotatable bonds is 0. The second kappa shape index (κ2) is 5.96. The zero-order valence-corrected chi connectivity index (χ0v) is 7.80. The van der Waals surface area contributed by atoms with Crippen LogP contribution in [0.1, 0.15) is 0 Å². The summed E-state index contributed by atoms with van der Waals surface area (Å²) in [6.07, 6.45) is 0. The van der Waals surface area contributed by atoms with Gasteiger partial charge < -0.3 is 4.57 Å². The molecule has 0 radical (unpaired) electrons. The van der Waals surface area contributed by atoms with Crippen molar-refractivity contribution in [3.63, 3.8) is 0 Å². The molecule has 0 N–H and O–H groups in total. The second-order valence-corrected chi connectivity index (χ2v) is 2.22. The average molecular weight is 132 g/mol. The van der Waals surface area contributed by atoms with Crippen molar-refractivity contribution in [2.24, 2.45) is 0 Å². The topological polar surface area (TPSA) is 17.1 Å². The summed E-state index contributed by atoms with van der Waals surface area (Å²) in [7, 11) is 0. The molecule has 0 rings (SSSR count). The van der Waals surface area contributed by atoms with Gasteiger partial charge in [0.25, 0.3) is 0 Å². The quantitative estimate of drug-likeness (QED) is 0.217. The van der Waals surface area contributed by atoms with Gasteiger partial charge in [0.05, 0.1) is 0 Å². The van der Waals surface area contributed by atoms with Crippen molar-refractivity contribution in [3.8, 4) is 0 Å². The van der Waals surface area contributed by atoms with Crippen LogP contribution in [0.25, 0.3) is 0 Å². The summed E-state index contributed by atoms with van der Waals surface area (Å²) in [6.45, 7) is 1.43. The normalized spacial score (nSPS) is 8.60. The maximum absolute atomic E-state index is 9.30. The summed E-state index contributed by atoms with van der Waals surface area (Å²) in [4.78, 5) is 0. The molecule has 0 heterocycles. The Morgan fingerprint density at radius 3 is 1.80 bits per heavy atom. The third kappa shape index (κ3) is 24.4. The molecule has 0 aliphatic carbocycles. The van der Waals surface area contributed by atoms with Crippen LogP contribution >= 0.6 is 6.58 Å². The Morgan fingerprint density at radius 1 is 1.80 bits per heavy atom. The molecular formula is CH2KOPS. The van der Waals surface area contributed by atoms with Crippen molar-refractivity contribution in [3.05, 3.63) is 6.66 Å². The Bertz CT molecular complexity index is 60.0. The molecule has 0 saturated heterocycles. The molecule has 0 aromatic heterocycles. The summed E-state index contributed by atoms with van der Waals surface area (Å²) in [5, 5.41) is 0.